The van der Waals surface area contributed by atoms with Gasteiger partial charge in [-0.2, -0.15) is 0 Å². The molecule has 2 heterocycles. The first-order valence-corrected chi connectivity index (χ1v) is 9.07. The Balaban J connectivity index is 1.72. The molecule has 2 aliphatic heterocycles. The van der Waals surface area contributed by atoms with Gasteiger partial charge < -0.3 is 19.3 Å². The number of amides is 2. The summed E-state index contributed by atoms with van der Waals surface area (Å²) in [6, 6.07) is 3.66. The van der Waals surface area contributed by atoms with Crippen molar-refractivity contribution in [3.63, 3.8) is 0 Å². The van der Waals surface area contributed by atoms with E-state index in [2.05, 4.69) is 0 Å². The average Bonchev–Trinajstić information content (AvgIpc) is 2.87. The van der Waals surface area contributed by atoms with Gasteiger partial charge in [0, 0.05) is 38.2 Å². The summed E-state index contributed by atoms with van der Waals surface area (Å²) in [6.45, 7) is 7.54. The third-order valence-electron chi connectivity index (χ3n) is 4.72. The van der Waals surface area contributed by atoms with E-state index in [-0.39, 0.29) is 11.8 Å². The van der Waals surface area contributed by atoms with Gasteiger partial charge in [0.05, 0.1) is 0 Å². The Kier molecular flexibility index (Phi) is 5.46. The Labute approximate surface area is 148 Å². The van der Waals surface area contributed by atoms with Crippen LogP contribution in [0.5, 0.6) is 11.5 Å². The molecule has 0 spiro atoms. The molecule has 25 heavy (non-hydrogen) atoms. The Morgan fingerprint density at radius 1 is 1.00 bits per heavy atom. The summed E-state index contributed by atoms with van der Waals surface area (Å²) in [5, 5.41) is 0. The number of fused-ring (bicyclic) bond motifs is 1. The van der Waals surface area contributed by atoms with Gasteiger partial charge in [0.25, 0.3) is 5.91 Å². The van der Waals surface area contributed by atoms with Gasteiger partial charge >= 0.3 is 0 Å². The summed E-state index contributed by atoms with van der Waals surface area (Å²) in [5.74, 6) is 1.52. The molecule has 3 rings (SSSR count). The lowest BCUT2D eigenvalue weighted by atomic mass is 10.1. The molecule has 1 fully saturated rings. The first-order valence-electron chi connectivity index (χ1n) is 9.07. The highest BCUT2D eigenvalue weighted by Crippen LogP contribution is 2.33. The smallest absolute Gasteiger partial charge is 0.254 e. The maximum atomic E-state index is 13.0. The highest BCUT2D eigenvalue weighted by atomic mass is 16.6. The molecule has 0 bridgehead atoms. The van der Waals surface area contributed by atoms with E-state index in [1.807, 2.05) is 29.7 Å². The first-order chi connectivity index (χ1) is 12.1. The van der Waals surface area contributed by atoms with Crippen molar-refractivity contribution in [3.8, 4) is 11.5 Å². The lowest BCUT2D eigenvalue weighted by Crippen LogP contribution is -2.37. The summed E-state index contributed by atoms with van der Waals surface area (Å²) >= 11 is 0. The Bertz CT molecular complexity index is 659. The van der Waals surface area contributed by atoms with Gasteiger partial charge in [0.2, 0.25) is 5.91 Å². The van der Waals surface area contributed by atoms with Gasteiger partial charge in [0.15, 0.2) is 11.5 Å². The zero-order valence-electron chi connectivity index (χ0n) is 15.0. The summed E-state index contributed by atoms with van der Waals surface area (Å²) in [7, 11) is 0. The second kappa shape index (κ2) is 7.76. The summed E-state index contributed by atoms with van der Waals surface area (Å²) < 4.78 is 11.2. The molecule has 6 nitrogen and oxygen atoms in total. The van der Waals surface area contributed by atoms with E-state index in [0.29, 0.717) is 56.3 Å². The number of rotatable bonds is 3. The van der Waals surface area contributed by atoms with Crippen LogP contribution in [0.15, 0.2) is 12.1 Å². The topological polar surface area (TPSA) is 59.1 Å². The van der Waals surface area contributed by atoms with Crippen LogP contribution >= 0.6 is 0 Å². The number of ether oxygens (including phenoxy) is 2. The number of carbonyl (C=O) groups is 2. The number of carbonyl (C=O) groups excluding carboxylic acids is 2. The van der Waals surface area contributed by atoms with Gasteiger partial charge in [-0.15, -0.1) is 0 Å². The molecule has 0 saturated carbocycles. The van der Waals surface area contributed by atoms with Crippen LogP contribution in [0.4, 0.5) is 0 Å². The maximum absolute atomic E-state index is 13.0. The van der Waals surface area contributed by atoms with Crippen molar-refractivity contribution in [2.24, 2.45) is 0 Å². The second-order valence-corrected chi connectivity index (χ2v) is 6.59. The number of benzene rings is 1. The molecule has 2 amide bonds. The summed E-state index contributed by atoms with van der Waals surface area (Å²) in [4.78, 5) is 28.8. The van der Waals surface area contributed by atoms with Gasteiger partial charge in [-0.25, -0.2) is 0 Å². The Morgan fingerprint density at radius 3 is 2.36 bits per heavy atom. The fourth-order valence-electron chi connectivity index (χ4n) is 3.33. The molecule has 1 aromatic carbocycles. The van der Waals surface area contributed by atoms with Crippen LogP contribution in [0, 0.1) is 6.92 Å². The van der Waals surface area contributed by atoms with E-state index in [1.165, 1.54) is 0 Å². The first kappa shape index (κ1) is 17.6. The lowest BCUT2D eigenvalue weighted by molar-refractivity contribution is -0.131. The SMILES string of the molecule is CCCC(=O)N1CCCN(C(=O)c2cc3c(cc2C)OCCO3)CC1. The van der Waals surface area contributed by atoms with Crippen LogP contribution in [0.3, 0.4) is 0 Å². The molecular weight excluding hydrogens is 320 g/mol. The van der Waals surface area contributed by atoms with Crippen molar-refractivity contribution < 1.29 is 19.1 Å². The van der Waals surface area contributed by atoms with E-state index in [0.717, 1.165) is 24.9 Å². The molecule has 0 atom stereocenters. The van der Waals surface area contributed by atoms with Crippen LogP contribution in [0.2, 0.25) is 0 Å². The molecule has 1 aromatic rings. The summed E-state index contributed by atoms with van der Waals surface area (Å²) in [5.41, 5.74) is 1.54. The van der Waals surface area contributed by atoms with Gasteiger partial charge in [0.1, 0.15) is 13.2 Å². The zero-order valence-corrected chi connectivity index (χ0v) is 15.0. The van der Waals surface area contributed by atoms with E-state index in [4.69, 9.17) is 9.47 Å². The minimum absolute atomic E-state index is 0.000682. The van der Waals surface area contributed by atoms with Gasteiger partial charge in [-0.05, 0) is 37.5 Å². The van der Waals surface area contributed by atoms with Crippen molar-refractivity contribution in [2.45, 2.75) is 33.1 Å². The number of hydrogen-bond donors (Lipinski definition) is 0. The largest absolute Gasteiger partial charge is 0.486 e. The highest BCUT2D eigenvalue weighted by Gasteiger charge is 2.25. The monoisotopic (exact) mass is 346 g/mol. The number of hydrogen-bond acceptors (Lipinski definition) is 4. The number of aryl methyl sites for hydroxylation is 1. The lowest BCUT2D eigenvalue weighted by Gasteiger charge is -2.24. The zero-order chi connectivity index (χ0) is 17.8. The van der Waals surface area contributed by atoms with Crippen molar-refractivity contribution in [2.75, 3.05) is 39.4 Å². The molecule has 6 heteroatoms. The fraction of sp³-hybridized carbons (Fsp3) is 0.579. The molecule has 0 aromatic heterocycles. The van der Waals surface area contributed by atoms with Crippen molar-refractivity contribution in [3.05, 3.63) is 23.3 Å². The molecule has 1 saturated heterocycles. The molecular formula is C19H26N2O4. The molecule has 0 unspecified atom stereocenters. The minimum atomic E-state index is -0.000682. The second-order valence-electron chi connectivity index (χ2n) is 6.59. The third kappa shape index (κ3) is 3.89. The Hall–Kier alpha value is -2.24. The van der Waals surface area contributed by atoms with Crippen LogP contribution in [-0.2, 0) is 4.79 Å². The highest BCUT2D eigenvalue weighted by molar-refractivity contribution is 5.96. The quantitative estimate of drug-likeness (QED) is 0.842. The van der Waals surface area contributed by atoms with Crippen LogP contribution < -0.4 is 9.47 Å². The minimum Gasteiger partial charge on any atom is -0.486 e. The molecule has 0 radical (unpaired) electrons. The van der Waals surface area contributed by atoms with E-state index in [1.54, 1.807) is 6.07 Å². The van der Waals surface area contributed by atoms with Crippen molar-refractivity contribution in [1.29, 1.82) is 0 Å². The van der Waals surface area contributed by atoms with Gasteiger partial charge in [-0.3, -0.25) is 9.59 Å². The number of nitrogens with zero attached hydrogens (tertiary/aromatic N) is 2. The van der Waals surface area contributed by atoms with E-state index >= 15 is 0 Å². The maximum Gasteiger partial charge on any atom is 0.254 e. The molecule has 2 aliphatic rings. The predicted molar refractivity (Wildman–Crippen MR) is 94.2 cm³/mol. The van der Waals surface area contributed by atoms with E-state index in [9.17, 15) is 9.59 Å². The average molecular weight is 346 g/mol. The summed E-state index contributed by atoms with van der Waals surface area (Å²) in [6.07, 6.45) is 2.24. The molecule has 136 valence electrons. The third-order valence-corrected chi connectivity index (χ3v) is 4.72. The Morgan fingerprint density at radius 2 is 1.64 bits per heavy atom. The van der Waals surface area contributed by atoms with Crippen LogP contribution in [0.25, 0.3) is 0 Å². The molecule has 0 aliphatic carbocycles. The fourth-order valence-corrected chi connectivity index (χ4v) is 3.33. The van der Waals surface area contributed by atoms with Crippen LogP contribution in [-0.4, -0.2) is 61.0 Å². The molecule has 0 N–H and O–H groups in total. The van der Waals surface area contributed by atoms with Gasteiger partial charge in [-0.1, -0.05) is 6.92 Å². The predicted octanol–water partition coefficient (Wildman–Crippen LogP) is 2.24. The van der Waals surface area contributed by atoms with Crippen molar-refractivity contribution in [1.82, 2.24) is 9.80 Å². The standard InChI is InChI=1S/C19H26N2O4/c1-3-5-18(22)20-6-4-7-21(9-8-20)19(23)15-13-17-16(12-14(15)2)24-10-11-25-17/h12-13H,3-11H2,1-2H3. The van der Waals surface area contributed by atoms with Crippen LogP contribution in [0.1, 0.15) is 42.1 Å². The van der Waals surface area contributed by atoms with Crippen molar-refractivity contribution >= 4 is 11.8 Å². The normalized spacial score (nSPS) is 17.2. The van der Waals surface area contributed by atoms with E-state index < -0.39 is 0 Å².